The number of carbonyl (C=O) groups excluding carboxylic acids is 2. The van der Waals surface area contributed by atoms with E-state index in [0.717, 1.165) is 12.5 Å². The maximum Gasteiger partial charge on any atom is 0.294 e. The summed E-state index contributed by atoms with van der Waals surface area (Å²) in [6.07, 6.45) is 2.30. The molecule has 11 heteroatoms. The summed E-state index contributed by atoms with van der Waals surface area (Å²) in [5.41, 5.74) is 5.03. The summed E-state index contributed by atoms with van der Waals surface area (Å²) < 4.78 is 50.6. The Bertz CT molecular complexity index is 995. The van der Waals surface area contributed by atoms with Crippen LogP contribution >= 0.6 is 0 Å². The van der Waals surface area contributed by atoms with E-state index in [1.807, 2.05) is 0 Å². The number of hydrogen-bond donors (Lipinski definition) is 1. The summed E-state index contributed by atoms with van der Waals surface area (Å²) in [5, 5.41) is 3.96. The molecule has 0 radical (unpaired) electrons. The summed E-state index contributed by atoms with van der Waals surface area (Å²) in [6.45, 7) is 0.815. The molecule has 2 aliphatic rings. The fourth-order valence-corrected chi connectivity index (χ4v) is 3.89. The summed E-state index contributed by atoms with van der Waals surface area (Å²) in [5.74, 6) is -3.12. The highest BCUT2D eigenvalue weighted by atomic mass is 19.2. The largest absolute Gasteiger partial charge is 0.451 e. The van der Waals surface area contributed by atoms with Gasteiger partial charge in [-0.1, -0.05) is 5.16 Å². The van der Waals surface area contributed by atoms with Crippen molar-refractivity contribution in [2.24, 2.45) is 5.73 Å². The van der Waals surface area contributed by atoms with Crippen molar-refractivity contribution in [1.29, 1.82) is 0 Å². The quantitative estimate of drug-likeness (QED) is 0.497. The van der Waals surface area contributed by atoms with E-state index >= 15 is 0 Å². The van der Waals surface area contributed by atoms with Crippen LogP contribution in [0.15, 0.2) is 16.7 Å². The molecule has 166 valence electrons. The van der Waals surface area contributed by atoms with Crippen molar-refractivity contribution in [2.75, 3.05) is 6.54 Å². The summed E-state index contributed by atoms with van der Waals surface area (Å²) in [4.78, 5) is 29.4. The minimum Gasteiger partial charge on any atom is -0.451 e. The highest BCUT2D eigenvalue weighted by molar-refractivity contribution is 5.77. The van der Waals surface area contributed by atoms with Crippen molar-refractivity contribution in [3.63, 3.8) is 0 Å². The molecule has 31 heavy (non-hydrogen) atoms. The third-order valence-corrected chi connectivity index (χ3v) is 5.69. The number of nitrogens with two attached hydrogens (primary N) is 1. The fraction of sp³-hybridized carbons (Fsp3) is 0.500. The van der Waals surface area contributed by atoms with Gasteiger partial charge in [0.2, 0.25) is 5.91 Å². The molecule has 2 aromatic rings. The minimum atomic E-state index is -1.28. The molecule has 1 saturated carbocycles. The van der Waals surface area contributed by atoms with Gasteiger partial charge in [-0.25, -0.2) is 13.2 Å². The third kappa shape index (κ3) is 4.27. The van der Waals surface area contributed by atoms with Crippen LogP contribution in [0.4, 0.5) is 13.2 Å². The van der Waals surface area contributed by atoms with Gasteiger partial charge < -0.3 is 19.9 Å². The molecule has 8 nitrogen and oxygen atoms in total. The fourth-order valence-electron chi connectivity index (χ4n) is 3.89. The SMILES string of the molecule is N[C@@H](CC(=O)N1CCC[C@H]1c1noc(C2(OC=O)CC2)n1)Cc1cc(F)c(F)cc1F. The number of halogens is 3. The number of likely N-dealkylation sites (tertiary alicyclic amines) is 1. The van der Waals surface area contributed by atoms with Crippen molar-refractivity contribution in [3.8, 4) is 0 Å². The van der Waals surface area contributed by atoms with Crippen LogP contribution in [0.3, 0.4) is 0 Å². The second kappa shape index (κ2) is 8.29. The Balaban J connectivity index is 1.41. The first-order valence-corrected chi connectivity index (χ1v) is 9.97. The predicted molar refractivity (Wildman–Crippen MR) is 98.7 cm³/mol. The first kappa shape index (κ1) is 21.3. The van der Waals surface area contributed by atoms with Gasteiger partial charge in [0.05, 0.1) is 6.04 Å². The standard InChI is InChI=1S/C20H21F3N4O4/c21-13-9-15(23)14(22)7-11(13)6-12(24)8-17(29)27-5-1-2-16(27)18-25-19(31-26-18)20(3-4-20)30-10-28/h7,9-10,12,16H,1-6,8,24H2/t12-,16+/m1/s1. The van der Waals surface area contributed by atoms with Gasteiger partial charge >= 0.3 is 0 Å². The molecule has 1 aliphatic heterocycles. The maximum absolute atomic E-state index is 13.9. The van der Waals surface area contributed by atoms with Crippen LogP contribution < -0.4 is 5.73 Å². The van der Waals surface area contributed by atoms with E-state index in [4.69, 9.17) is 15.0 Å². The maximum atomic E-state index is 13.9. The number of ether oxygens (including phenoxy) is 1. The predicted octanol–water partition coefficient (Wildman–Crippen LogP) is 2.27. The summed E-state index contributed by atoms with van der Waals surface area (Å²) in [7, 11) is 0. The lowest BCUT2D eigenvalue weighted by Gasteiger charge is -2.24. The number of rotatable bonds is 8. The molecule has 1 aromatic carbocycles. The number of benzene rings is 1. The lowest BCUT2D eigenvalue weighted by molar-refractivity contribution is -0.137. The Morgan fingerprint density at radius 3 is 2.77 bits per heavy atom. The third-order valence-electron chi connectivity index (χ3n) is 5.69. The second-order valence-corrected chi connectivity index (χ2v) is 7.94. The van der Waals surface area contributed by atoms with Crippen LogP contribution in [-0.2, 0) is 26.3 Å². The van der Waals surface area contributed by atoms with Gasteiger partial charge in [-0.2, -0.15) is 4.98 Å². The zero-order chi connectivity index (χ0) is 22.2. The molecule has 2 N–H and O–H groups in total. The Hall–Kier alpha value is -2.95. The summed E-state index contributed by atoms with van der Waals surface area (Å²) >= 11 is 0. The monoisotopic (exact) mass is 438 g/mol. The van der Waals surface area contributed by atoms with E-state index in [9.17, 15) is 22.8 Å². The molecule has 2 atom stereocenters. The number of aromatic nitrogens is 2. The zero-order valence-corrected chi connectivity index (χ0v) is 16.5. The van der Waals surface area contributed by atoms with Gasteiger partial charge in [-0.05, 0) is 30.9 Å². The normalized spacial score (nSPS) is 20.5. The summed E-state index contributed by atoms with van der Waals surface area (Å²) in [6, 6.07) is 0.0163. The van der Waals surface area contributed by atoms with E-state index < -0.39 is 35.1 Å². The molecule has 1 aromatic heterocycles. The first-order chi connectivity index (χ1) is 14.8. The van der Waals surface area contributed by atoms with Crippen molar-refractivity contribution in [2.45, 2.75) is 56.2 Å². The van der Waals surface area contributed by atoms with Gasteiger partial charge in [-0.3, -0.25) is 9.59 Å². The van der Waals surface area contributed by atoms with Crippen LogP contribution in [0.25, 0.3) is 0 Å². The molecule has 0 spiro atoms. The molecule has 0 unspecified atom stereocenters. The van der Waals surface area contributed by atoms with Crippen LogP contribution in [-0.4, -0.2) is 40.0 Å². The molecule has 1 amide bonds. The Kier molecular flexibility index (Phi) is 5.69. The number of hydrogen-bond acceptors (Lipinski definition) is 7. The lowest BCUT2D eigenvalue weighted by atomic mass is 10.0. The van der Waals surface area contributed by atoms with E-state index in [-0.39, 0.29) is 30.2 Å². The lowest BCUT2D eigenvalue weighted by Crippen LogP contribution is -2.36. The van der Waals surface area contributed by atoms with Crippen LogP contribution in [0.1, 0.15) is 55.4 Å². The molecular formula is C20H21F3N4O4. The second-order valence-electron chi connectivity index (χ2n) is 7.94. The van der Waals surface area contributed by atoms with Crippen molar-refractivity contribution < 1.29 is 32.0 Å². The van der Waals surface area contributed by atoms with Gasteiger partial charge in [0.15, 0.2) is 23.1 Å². The van der Waals surface area contributed by atoms with Gasteiger partial charge in [0.1, 0.15) is 5.82 Å². The molecule has 1 aliphatic carbocycles. The average Bonchev–Trinajstić information content (AvgIpc) is 3.14. The number of amides is 1. The van der Waals surface area contributed by atoms with E-state index in [1.54, 1.807) is 4.90 Å². The van der Waals surface area contributed by atoms with Crippen LogP contribution in [0, 0.1) is 17.5 Å². The first-order valence-electron chi connectivity index (χ1n) is 9.97. The van der Waals surface area contributed by atoms with E-state index in [2.05, 4.69) is 10.1 Å². The number of nitrogens with zero attached hydrogens (tertiary/aromatic N) is 3. The molecule has 2 fully saturated rings. The van der Waals surface area contributed by atoms with Crippen molar-refractivity contribution >= 4 is 12.4 Å². The molecule has 0 bridgehead atoms. The molecule has 1 saturated heterocycles. The van der Waals surface area contributed by atoms with Gasteiger partial charge in [-0.15, -0.1) is 0 Å². The van der Waals surface area contributed by atoms with E-state index in [0.29, 0.717) is 44.2 Å². The highest BCUT2D eigenvalue weighted by Crippen LogP contribution is 2.48. The van der Waals surface area contributed by atoms with Crippen molar-refractivity contribution in [1.82, 2.24) is 15.0 Å². The average molecular weight is 438 g/mol. The van der Waals surface area contributed by atoms with Crippen LogP contribution in [0.2, 0.25) is 0 Å². The Morgan fingerprint density at radius 1 is 1.32 bits per heavy atom. The highest BCUT2D eigenvalue weighted by Gasteiger charge is 2.53. The Labute approximate surface area is 175 Å². The minimum absolute atomic E-state index is 0.0927. The van der Waals surface area contributed by atoms with Gasteiger partial charge in [0.25, 0.3) is 12.4 Å². The van der Waals surface area contributed by atoms with Crippen molar-refractivity contribution in [3.05, 3.63) is 46.9 Å². The van der Waals surface area contributed by atoms with Crippen LogP contribution in [0.5, 0.6) is 0 Å². The molecule has 4 rings (SSSR count). The van der Waals surface area contributed by atoms with E-state index in [1.165, 1.54) is 0 Å². The molecular weight excluding hydrogens is 417 g/mol. The zero-order valence-electron chi connectivity index (χ0n) is 16.5. The number of carbonyl (C=O) groups is 2. The van der Waals surface area contributed by atoms with Gasteiger partial charge in [0, 0.05) is 37.9 Å². The smallest absolute Gasteiger partial charge is 0.294 e. The molecule has 2 heterocycles. The Morgan fingerprint density at radius 2 is 2.06 bits per heavy atom. The topological polar surface area (TPSA) is 112 Å².